The summed E-state index contributed by atoms with van der Waals surface area (Å²) >= 11 is 0. The molecule has 2 aliphatic heterocycles. The zero-order valence-electron chi connectivity index (χ0n) is 10.5. The Morgan fingerprint density at radius 2 is 1.87 bits per heavy atom. The Hall–Kier alpha value is -0.0800. The quantitative estimate of drug-likeness (QED) is 0.661. The minimum Gasteiger partial charge on any atom is -0.375 e. The summed E-state index contributed by atoms with van der Waals surface area (Å²) in [7, 11) is 0. The Kier molecular flexibility index (Phi) is 3.36. The van der Waals surface area contributed by atoms with Gasteiger partial charge in [0.15, 0.2) is 0 Å². The van der Waals surface area contributed by atoms with Crippen LogP contribution in [-0.2, 0) is 4.74 Å². The summed E-state index contributed by atoms with van der Waals surface area (Å²) in [4.78, 5) is 2.58. The van der Waals surface area contributed by atoms with E-state index < -0.39 is 0 Å². The summed E-state index contributed by atoms with van der Waals surface area (Å²) < 4.78 is 6.12. The van der Waals surface area contributed by atoms with Crippen molar-refractivity contribution in [3.63, 3.8) is 0 Å². The third-order valence-corrected chi connectivity index (χ3v) is 4.21. The zero-order valence-corrected chi connectivity index (χ0v) is 10.5. The third kappa shape index (κ3) is 2.54. The van der Waals surface area contributed by atoms with E-state index in [0.717, 1.165) is 12.5 Å². The Labute approximate surface area is 94.0 Å². The monoisotopic (exact) mass is 211 g/mol. The summed E-state index contributed by atoms with van der Waals surface area (Å²) in [6.07, 6.45) is 5.15. The highest BCUT2D eigenvalue weighted by Crippen LogP contribution is 2.36. The van der Waals surface area contributed by atoms with Gasteiger partial charge in [0.2, 0.25) is 0 Å². The number of hydrogen-bond donors (Lipinski definition) is 0. The van der Waals surface area contributed by atoms with E-state index in [4.69, 9.17) is 4.74 Å². The van der Waals surface area contributed by atoms with Gasteiger partial charge in [0.1, 0.15) is 0 Å². The Balaban J connectivity index is 1.86. The Morgan fingerprint density at radius 1 is 1.20 bits per heavy atom. The first-order valence-corrected chi connectivity index (χ1v) is 6.49. The lowest BCUT2D eigenvalue weighted by atomic mass is 9.82. The minimum atomic E-state index is 0.262. The van der Waals surface area contributed by atoms with Crippen molar-refractivity contribution >= 4 is 0 Å². The van der Waals surface area contributed by atoms with Gasteiger partial charge >= 0.3 is 0 Å². The average molecular weight is 211 g/mol. The smallest absolute Gasteiger partial charge is 0.0707 e. The molecule has 0 bridgehead atoms. The highest BCUT2D eigenvalue weighted by molar-refractivity contribution is 4.91. The molecule has 0 radical (unpaired) electrons. The fourth-order valence-electron chi connectivity index (χ4n) is 2.83. The molecular formula is C13H25NO. The van der Waals surface area contributed by atoms with Gasteiger partial charge in [0, 0.05) is 25.7 Å². The molecular weight excluding hydrogens is 186 g/mol. The summed E-state index contributed by atoms with van der Waals surface area (Å²) in [6, 6.07) is 0.699. The molecule has 0 aromatic carbocycles. The molecule has 0 saturated carbocycles. The molecule has 0 amide bonds. The average Bonchev–Trinajstić information content (AvgIpc) is 2.24. The van der Waals surface area contributed by atoms with E-state index in [1.54, 1.807) is 0 Å². The van der Waals surface area contributed by atoms with Crippen LogP contribution in [0.1, 0.15) is 46.5 Å². The summed E-state index contributed by atoms with van der Waals surface area (Å²) in [5, 5.41) is 0. The van der Waals surface area contributed by atoms with Gasteiger partial charge in [0.05, 0.1) is 5.60 Å². The lowest BCUT2D eigenvalue weighted by molar-refractivity contribution is -0.129. The van der Waals surface area contributed by atoms with Gasteiger partial charge in [-0.25, -0.2) is 0 Å². The van der Waals surface area contributed by atoms with Gasteiger partial charge in [-0.3, -0.25) is 0 Å². The molecule has 0 aliphatic carbocycles. The number of ether oxygens (including phenoxy) is 1. The Morgan fingerprint density at radius 3 is 2.33 bits per heavy atom. The standard InChI is InChI=1S/C13H25NO/c1-11(2)14-8-6-13(7-9-14)5-4-12(3)10-15-13/h11-12H,4-10H2,1-3H3/t12-/m0/s1. The molecule has 2 saturated heterocycles. The number of nitrogens with zero attached hydrogens (tertiary/aromatic N) is 1. The second kappa shape index (κ2) is 4.42. The van der Waals surface area contributed by atoms with Crippen molar-refractivity contribution in [1.29, 1.82) is 0 Å². The molecule has 2 aliphatic rings. The second-order valence-electron chi connectivity index (χ2n) is 5.77. The van der Waals surface area contributed by atoms with Crippen LogP contribution in [0.25, 0.3) is 0 Å². The highest BCUT2D eigenvalue weighted by Gasteiger charge is 2.38. The summed E-state index contributed by atoms with van der Waals surface area (Å²) in [5.74, 6) is 0.777. The third-order valence-electron chi connectivity index (χ3n) is 4.21. The number of piperidine rings is 1. The maximum absolute atomic E-state index is 6.12. The van der Waals surface area contributed by atoms with Crippen LogP contribution in [-0.4, -0.2) is 36.2 Å². The van der Waals surface area contributed by atoms with Crippen LogP contribution < -0.4 is 0 Å². The van der Waals surface area contributed by atoms with Crippen LogP contribution in [0.3, 0.4) is 0 Å². The molecule has 0 aromatic rings. The molecule has 0 unspecified atom stereocenters. The van der Waals surface area contributed by atoms with E-state index in [1.807, 2.05) is 0 Å². The topological polar surface area (TPSA) is 12.5 Å². The first-order valence-electron chi connectivity index (χ1n) is 6.49. The van der Waals surface area contributed by atoms with Crippen molar-refractivity contribution in [3.8, 4) is 0 Å². The van der Waals surface area contributed by atoms with Crippen molar-refractivity contribution in [3.05, 3.63) is 0 Å². The van der Waals surface area contributed by atoms with Gasteiger partial charge in [-0.2, -0.15) is 0 Å². The van der Waals surface area contributed by atoms with Crippen LogP contribution in [0.2, 0.25) is 0 Å². The van der Waals surface area contributed by atoms with Crippen molar-refractivity contribution < 1.29 is 4.74 Å². The molecule has 0 N–H and O–H groups in total. The van der Waals surface area contributed by atoms with E-state index in [0.29, 0.717) is 6.04 Å². The molecule has 2 heteroatoms. The molecule has 1 spiro atoms. The number of hydrogen-bond acceptors (Lipinski definition) is 2. The van der Waals surface area contributed by atoms with Gasteiger partial charge in [-0.1, -0.05) is 6.92 Å². The molecule has 2 rings (SSSR count). The van der Waals surface area contributed by atoms with Crippen molar-refractivity contribution in [2.45, 2.75) is 58.1 Å². The zero-order chi connectivity index (χ0) is 10.9. The maximum Gasteiger partial charge on any atom is 0.0707 e. The molecule has 0 aromatic heterocycles. The molecule has 2 fully saturated rings. The lowest BCUT2D eigenvalue weighted by Crippen LogP contribution is -2.50. The van der Waals surface area contributed by atoms with E-state index in [-0.39, 0.29) is 5.60 Å². The van der Waals surface area contributed by atoms with Crippen LogP contribution >= 0.6 is 0 Å². The molecule has 1 atom stereocenters. The Bertz CT molecular complexity index is 197. The van der Waals surface area contributed by atoms with Crippen molar-refractivity contribution in [2.24, 2.45) is 5.92 Å². The van der Waals surface area contributed by atoms with E-state index in [1.165, 1.54) is 38.8 Å². The van der Waals surface area contributed by atoms with Crippen LogP contribution in [0.5, 0.6) is 0 Å². The number of likely N-dealkylation sites (tertiary alicyclic amines) is 1. The van der Waals surface area contributed by atoms with Gasteiger partial charge in [-0.15, -0.1) is 0 Å². The van der Waals surface area contributed by atoms with Crippen molar-refractivity contribution in [2.75, 3.05) is 19.7 Å². The predicted molar refractivity (Wildman–Crippen MR) is 63.0 cm³/mol. The predicted octanol–water partition coefficient (Wildman–Crippen LogP) is 2.68. The largest absolute Gasteiger partial charge is 0.375 e. The number of rotatable bonds is 1. The van der Waals surface area contributed by atoms with Gasteiger partial charge in [-0.05, 0) is 45.4 Å². The van der Waals surface area contributed by atoms with E-state index in [2.05, 4.69) is 25.7 Å². The molecule has 2 nitrogen and oxygen atoms in total. The molecule has 15 heavy (non-hydrogen) atoms. The summed E-state index contributed by atoms with van der Waals surface area (Å²) in [5.41, 5.74) is 0.262. The minimum absolute atomic E-state index is 0.262. The van der Waals surface area contributed by atoms with Gasteiger partial charge in [0.25, 0.3) is 0 Å². The van der Waals surface area contributed by atoms with Gasteiger partial charge < -0.3 is 9.64 Å². The van der Waals surface area contributed by atoms with Crippen LogP contribution in [0, 0.1) is 5.92 Å². The SMILES string of the molecule is CC(C)N1CCC2(CC[C@H](C)CO2)CC1. The molecule has 88 valence electrons. The van der Waals surface area contributed by atoms with Crippen LogP contribution in [0.15, 0.2) is 0 Å². The maximum atomic E-state index is 6.12. The second-order valence-corrected chi connectivity index (χ2v) is 5.77. The van der Waals surface area contributed by atoms with E-state index in [9.17, 15) is 0 Å². The fraction of sp³-hybridized carbons (Fsp3) is 1.00. The first kappa shape index (κ1) is 11.4. The first-order chi connectivity index (χ1) is 7.11. The highest BCUT2D eigenvalue weighted by atomic mass is 16.5. The molecule has 2 heterocycles. The van der Waals surface area contributed by atoms with E-state index >= 15 is 0 Å². The normalized spacial score (nSPS) is 32.4. The van der Waals surface area contributed by atoms with Crippen molar-refractivity contribution in [1.82, 2.24) is 4.90 Å². The summed E-state index contributed by atoms with van der Waals surface area (Å²) in [6.45, 7) is 10.3. The lowest BCUT2D eigenvalue weighted by Gasteiger charge is -2.46. The van der Waals surface area contributed by atoms with Crippen LogP contribution in [0.4, 0.5) is 0 Å². The fourth-order valence-corrected chi connectivity index (χ4v) is 2.83.